The summed E-state index contributed by atoms with van der Waals surface area (Å²) < 4.78 is 0. The molecule has 3 aliphatic carbocycles. The number of phenolic OH excluding ortho intramolecular Hbond substituents is 1. The summed E-state index contributed by atoms with van der Waals surface area (Å²) in [6.07, 6.45) is 0.201. The molecular weight excluding hydrogens is 412 g/mol. The number of hydrogen-bond donors (Lipinski definition) is 5. The number of Topliss-reactive ketones (excluding diaryl/α,β-unsaturated/α-hetero) is 1. The number of amides is 1. The molecule has 8 heteroatoms. The molecule has 0 bridgehead atoms. The summed E-state index contributed by atoms with van der Waals surface area (Å²) in [5, 5.41) is 44.0. The second-order valence-corrected chi connectivity index (χ2v) is 8.93. The van der Waals surface area contributed by atoms with E-state index in [9.17, 15) is 30.0 Å². The first-order valence-electron chi connectivity index (χ1n) is 10.4. The monoisotopic (exact) mass is 438 g/mol. The van der Waals surface area contributed by atoms with Crippen LogP contribution in [0.5, 0.6) is 5.75 Å². The fourth-order valence-corrected chi connectivity index (χ4v) is 5.59. The summed E-state index contributed by atoms with van der Waals surface area (Å²) >= 11 is 0. The Morgan fingerprint density at radius 2 is 1.94 bits per heavy atom. The van der Waals surface area contributed by atoms with Gasteiger partial charge in [-0.05, 0) is 57.5 Å². The fraction of sp³-hybridized carbons (Fsp3) is 0.417. The number of fused-ring (bicyclic) bond motifs is 3. The van der Waals surface area contributed by atoms with Crippen molar-refractivity contribution in [1.29, 1.82) is 0 Å². The minimum absolute atomic E-state index is 0.0240. The molecule has 8 nitrogen and oxygen atoms in total. The molecule has 4 rings (SSSR count). The van der Waals surface area contributed by atoms with E-state index < -0.39 is 47.3 Å². The molecule has 4 unspecified atom stereocenters. The van der Waals surface area contributed by atoms with E-state index in [1.165, 1.54) is 6.07 Å². The summed E-state index contributed by atoms with van der Waals surface area (Å²) in [5.74, 6) is 2.17. The molecule has 1 aromatic rings. The Bertz CT molecular complexity index is 1170. The molecule has 0 heterocycles. The molecule has 168 valence electrons. The number of carbonyl (C=O) groups is 2. The summed E-state index contributed by atoms with van der Waals surface area (Å²) in [6.45, 7) is 1.68. The first kappa shape index (κ1) is 21.9. The van der Waals surface area contributed by atoms with Gasteiger partial charge >= 0.3 is 0 Å². The Balaban J connectivity index is 1.93. The number of rotatable bonds is 2. The third-order valence-electron chi connectivity index (χ3n) is 6.97. The van der Waals surface area contributed by atoms with Crippen LogP contribution in [0.3, 0.4) is 0 Å². The van der Waals surface area contributed by atoms with Crippen molar-refractivity contribution in [2.24, 2.45) is 17.6 Å². The van der Waals surface area contributed by atoms with Crippen LogP contribution in [0, 0.1) is 23.7 Å². The number of aliphatic hydroxyl groups is 3. The topological polar surface area (TPSA) is 144 Å². The van der Waals surface area contributed by atoms with Gasteiger partial charge in [0.05, 0.1) is 17.2 Å². The smallest absolute Gasteiger partial charge is 0.248 e. The van der Waals surface area contributed by atoms with Crippen LogP contribution in [0.1, 0.15) is 41.3 Å². The number of likely N-dealkylation sites (N-methyl/N-ethyl adjacent to an activating group) is 1. The van der Waals surface area contributed by atoms with Crippen LogP contribution < -0.4 is 5.73 Å². The van der Waals surface area contributed by atoms with Gasteiger partial charge in [-0.2, -0.15) is 0 Å². The molecule has 0 saturated heterocycles. The Hall–Kier alpha value is -3.28. The number of benzene rings is 1. The van der Waals surface area contributed by atoms with Crippen molar-refractivity contribution >= 4 is 11.7 Å². The highest BCUT2D eigenvalue weighted by molar-refractivity contribution is 6.13. The lowest BCUT2D eigenvalue weighted by molar-refractivity contribution is -0.118. The number of allylic oxidation sites excluding steroid dienone is 1. The van der Waals surface area contributed by atoms with Crippen molar-refractivity contribution in [1.82, 2.24) is 4.90 Å². The van der Waals surface area contributed by atoms with Gasteiger partial charge in [-0.25, -0.2) is 0 Å². The van der Waals surface area contributed by atoms with Crippen molar-refractivity contribution in [3.05, 3.63) is 51.5 Å². The number of ketones is 1. The van der Waals surface area contributed by atoms with Crippen molar-refractivity contribution in [2.45, 2.75) is 37.8 Å². The first-order valence-corrected chi connectivity index (χ1v) is 10.4. The lowest BCUT2D eigenvalue weighted by atomic mass is 9.59. The van der Waals surface area contributed by atoms with Crippen LogP contribution in [0.4, 0.5) is 0 Å². The van der Waals surface area contributed by atoms with Crippen molar-refractivity contribution in [2.75, 3.05) is 14.1 Å². The van der Waals surface area contributed by atoms with Gasteiger partial charge in [-0.1, -0.05) is 5.92 Å². The summed E-state index contributed by atoms with van der Waals surface area (Å²) in [7, 11) is 3.38. The Labute approximate surface area is 185 Å². The molecule has 0 aliphatic heterocycles. The van der Waals surface area contributed by atoms with E-state index in [4.69, 9.17) is 5.73 Å². The lowest BCUT2D eigenvalue weighted by Crippen LogP contribution is -2.59. The van der Waals surface area contributed by atoms with Gasteiger partial charge in [0.15, 0.2) is 5.78 Å². The Morgan fingerprint density at radius 3 is 2.53 bits per heavy atom. The molecule has 3 aliphatic rings. The second-order valence-electron chi connectivity index (χ2n) is 8.93. The molecule has 4 atom stereocenters. The highest BCUT2D eigenvalue weighted by Gasteiger charge is 2.58. The molecule has 6 N–H and O–H groups in total. The highest BCUT2D eigenvalue weighted by Crippen LogP contribution is 2.53. The van der Waals surface area contributed by atoms with Crippen LogP contribution in [-0.2, 0) is 11.2 Å². The second kappa shape index (κ2) is 7.40. The van der Waals surface area contributed by atoms with Gasteiger partial charge in [0.1, 0.15) is 22.9 Å². The van der Waals surface area contributed by atoms with E-state index in [-0.39, 0.29) is 34.6 Å². The summed E-state index contributed by atoms with van der Waals surface area (Å²) in [4.78, 5) is 27.1. The zero-order chi connectivity index (χ0) is 23.5. The summed E-state index contributed by atoms with van der Waals surface area (Å²) in [6, 6.07) is 2.27. The number of hydrogen-bond acceptors (Lipinski definition) is 7. The minimum atomic E-state index is -1.96. The Kier molecular flexibility index (Phi) is 5.07. The van der Waals surface area contributed by atoms with Gasteiger partial charge in [0.2, 0.25) is 5.91 Å². The van der Waals surface area contributed by atoms with Crippen molar-refractivity contribution in [3.8, 4) is 17.6 Å². The van der Waals surface area contributed by atoms with Gasteiger partial charge < -0.3 is 26.2 Å². The molecule has 0 saturated carbocycles. The quantitative estimate of drug-likeness (QED) is 0.438. The molecule has 0 aromatic heterocycles. The highest BCUT2D eigenvalue weighted by atomic mass is 16.3. The van der Waals surface area contributed by atoms with Gasteiger partial charge in [0, 0.05) is 23.5 Å². The molecular formula is C24H26N2O6. The van der Waals surface area contributed by atoms with Crippen LogP contribution in [-0.4, -0.2) is 62.8 Å². The Morgan fingerprint density at radius 1 is 1.25 bits per heavy atom. The number of aromatic hydroxyl groups is 1. The molecule has 32 heavy (non-hydrogen) atoms. The minimum Gasteiger partial charge on any atom is -0.510 e. The van der Waals surface area contributed by atoms with Crippen LogP contribution in [0.2, 0.25) is 0 Å². The zero-order valence-electron chi connectivity index (χ0n) is 18.1. The predicted octanol–water partition coefficient (Wildman–Crippen LogP) is 1.31. The first-order chi connectivity index (χ1) is 15.0. The predicted molar refractivity (Wildman–Crippen MR) is 116 cm³/mol. The third kappa shape index (κ3) is 2.93. The average molecular weight is 438 g/mol. The number of nitrogens with two attached hydrogens (primary N) is 1. The standard InChI is InChI=1S/C24H26N2O6/c1-4-5-11-6-7-16(27)18-13(11)8-12-9-15-19(26(2)3)20(28)14(23(25)31)10-24(15,32)22(30)17(12)21(18)29/h6-7,12,15,19,27-28,30,32H,8-10H2,1-3H3,(H2,25,31). The van der Waals surface area contributed by atoms with E-state index in [0.717, 1.165) is 0 Å². The van der Waals surface area contributed by atoms with Crippen LogP contribution in [0.25, 0.3) is 0 Å². The summed E-state index contributed by atoms with van der Waals surface area (Å²) in [5.41, 5.74) is 4.62. The maximum atomic E-state index is 13.4. The van der Waals surface area contributed by atoms with Gasteiger partial charge in [0.25, 0.3) is 0 Å². The maximum Gasteiger partial charge on any atom is 0.248 e. The van der Waals surface area contributed by atoms with Crippen molar-refractivity contribution in [3.63, 3.8) is 0 Å². The normalized spacial score (nSPS) is 29.2. The zero-order valence-corrected chi connectivity index (χ0v) is 18.1. The van der Waals surface area contributed by atoms with E-state index in [0.29, 0.717) is 17.5 Å². The third-order valence-corrected chi connectivity index (χ3v) is 6.97. The number of nitrogens with zero attached hydrogens (tertiary/aromatic N) is 1. The van der Waals surface area contributed by atoms with Gasteiger partial charge in [-0.15, -0.1) is 5.92 Å². The molecule has 1 aromatic carbocycles. The van der Waals surface area contributed by atoms with Crippen molar-refractivity contribution < 1.29 is 30.0 Å². The molecule has 0 spiro atoms. The van der Waals surface area contributed by atoms with Crippen LogP contribution in [0.15, 0.2) is 34.8 Å². The molecule has 1 amide bonds. The van der Waals surface area contributed by atoms with Gasteiger partial charge in [-0.3, -0.25) is 14.5 Å². The average Bonchev–Trinajstić information content (AvgIpc) is 2.71. The largest absolute Gasteiger partial charge is 0.510 e. The van der Waals surface area contributed by atoms with E-state index in [1.807, 2.05) is 0 Å². The SMILES string of the molecule is CC#Cc1ccc(O)c2c1CC1CC3C(N(C)C)C(O)=C(C(N)=O)CC3(O)C(O)=C1C2=O. The number of carbonyl (C=O) groups excluding carboxylic acids is 2. The lowest BCUT2D eigenvalue weighted by Gasteiger charge is -2.51. The molecule has 0 fully saturated rings. The molecule has 0 radical (unpaired) electrons. The van der Waals surface area contributed by atoms with E-state index >= 15 is 0 Å². The number of aliphatic hydroxyl groups excluding tert-OH is 2. The maximum absolute atomic E-state index is 13.4. The number of phenols is 1. The van der Waals surface area contributed by atoms with E-state index in [1.54, 1.807) is 32.0 Å². The van der Waals surface area contributed by atoms with E-state index in [2.05, 4.69) is 11.8 Å². The fourth-order valence-electron chi connectivity index (χ4n) is 5.59. The number of primary amides is 1. The van der Waals surface area contributed by atoms with Crippen LogP contribution >= 0.6 is 0 Å².